The first kappa shape index (κ1) is 33.6. The molecule has 0 radical (unpaired) electrons. The summed E-state index contributed by atoms with van der Waals surface area (Å²) in [5, 5.41) is 5.90. The van der Waals surface area contributed by atoms with Crippen molar-refractivity contribution in [1.29, 1.82) is 0 Å². The Bertz CT molecular complexity index is 1210. The van der Waals surface area contributed by atoms with Crippen molar-refractivity contribution in [3.63, 3.8) is 0 Å². The van der Waals surface area contributed by atoms with Crippen molar-refractivity contribution in [2.75, 3.05) is 5.32 Å². The summed E-state index contributed by atoms with van der Waals surface area (Å²) >= 11 is 6.43. The Hall–Kier alpha value is -3.59. The lowest BCUT2D eigenvalue weighted by Gasteiger charge is -2.38. The fourth-order valence-corrected chi connectivity index (χ4v) is 4.59. The van der Waals surface area contributed by atoms with E-state index in [1.54, 1.807) is 32.9 Å². The molecule has 0 heterocycles. The number of benzene rings is 2. The zero-order valence-electron chi connectivity index (χ0n) is 25.0. The van der Waals surface area contributed by atoms with E-state index in [9.17, 15) is 19.2 Å². The number of para-hydroxylation sites is 1. The van der Waals surface area contributed by atoms with Crippen LogP contribution in [0.1, 0.15) is 83.5 Å². The van der Waals surface area contributed by atoms with Gasteiger partial charge in [0, 0.05) is 12.5 Å². The number of primary amides is 1. The Balaban J connectivity index is 2.62. The van der Waals surface area contributed by atoms with Gasteiger partial charge in [-0.3, -0.25) is 14.4 Å². The van der Waals surface area contributed by atoms with E-state index < -0.39 is 47.5 Å². The van der Waals surface area contributed by atoms with E-state index in [2.05, 4.69) is 10.6 Å². The zero-order chi connectivity index (χ0) is 30.9. The lowest BCUT2D eigenvalue weighted by Crippen LogP contribution is -2.55. The molecule has 0 aliphatic carbocycles. The van der Waals surface area contributed by atoms with Gasteiger partial charge in [-0.05, 0) is 76.6 Å². The molecule has 0 saturated carbocycles. The number of halogens is 1. The number of amides is 4. The fourth-order valence-electron chi connectivity index (χ4n) is 4.33. The van der Waals surface area contributed by atoms with Gasteiger partial charge in [0.2, 0.25) is 11.8 Å². The standard InChI is InChI=1S/C31H43ClN4O5/c1-8-20(4)36(29(39)24(17-18-25(33)37)34-30(40)41-31(5,6)7)27(22-15-13-21(9-2)14-16-22)28(38)35-26-19(3)11-10-12-23(26)32/h10-16,20,24,27H,8-9,17-18H2,1-7H3,(H2,33,37)(H,34,40)(H,35,38). The van der Waals surface area contributed by atoms with Crippen molar-refractivity contribution in [2.24, 2.45) is 5.73 Å². The molecule has 4 N–H and O–H groups in total. The van der Waals surface area contributed by atoms with Crippen LogP contribution in [0.5, 0.6) is 0 Å². The predicted molar refractivity (Wildman–Crippen MR) is 162 cm³/mol. The predicted octanol–water partition coefficient (Wildman–Crippen LogP) is 5.68. The Morgan fingerprint density at radius 2 is 1.68 bits per heavy atom. The quantitative estimate of drug-likeness (QED) is 0.295. The molecule has 2 aromatic carbocycles. The topological polar surface area (TPSA) is 131 Å². The van der Waals surface area contributed by atoms with Gasteiger partial charge in [-0.25, -0.2) is 4.79 Å². The summed E-state index contributed by atoms with van der Waals surface area (Å²) in [5.41, 5.74) is 7.45. The first-order valence-corrected chi connectivity index (χ1v) is 14.3. The monoisotopic (exact) mass is 586 g/mol. The van der Waals surface area contributed by atoms with Gasteiger partial charge in [0.1, 0.15) is 17.7 Å². The maximum atomic E-state index is 14.3. The van der Waals surface area contributed by atoms with Crippen molar-refractivity contribution in [3.8, 4) is 0 Å². The van der Waals surface area contributed by atoms with Crippen LogP contribution in [0.3, 0.4) is 0 Å². The lowest BCUT2D eigenvalue weighted by atomic mass is 9.97. The smallest absolute Gasteiger partial charge is 0.408 e. The van der Waals surface area contributed by atoms with Gasteiger partial charge in [-0.1, -0.05) is 61.8 Å². The third kappa shape index (κ3) is 9.78. The molecule has 3 unspecified atom stereocenters. The number of nitrogens with zero attached hydrogens (tertiary/aromatic N) is 1. The van der Waals surface area contributed by atoms with Crippen LogP contribution in [0.4, 0.5) is 10.5 Å². The summed E-state index contributed by atoms with van der Waals surface area (Å²) in [6.45, 7) is 12.7. The molecule has 10 heteroatoms. The highest BCUT2D eigenvalue weighted by Crippen LogP contribution is 2.31. The van der Waals surface area contributed by atoms with Gasteiger partial charge in [0.25, 0.3) is 5.91 Å². The number of aryl methyl sites for hydroxylation is 2. The van der Waals surface area contributed by atoms with E-state index >= 15 is 0 Å². The van der Waals surface area contributed by atoms with E-state index in [4.69, 9.17) is 22.1 Å². The molecule has 3 atom stereocenters. The number of hydrogen-bond acceptors (Lipinski definition) is 5. The number of hydrogen-bond donors (Lipinski definition) is 3. The molecule has 0 spiro atoms. The van der Waals surface area contributed by atoms with Crippen LogP contribution in [-0.4, -0.2) is 46.4 Å². The first-order valence-electron chi connectivity index (χ1n) is 13.9. The summed E-state index contributed by atoms with van der Waals surface area (Å²) in [4.78, 5) is 54.2. The van der Waals surface area contributed by atoms with Crippen molar-refractivity contribution in [3.05, 3.63) is 64.2 Å². The molecule has 0 aliphatic rings. The number of nitrogens with one attached hydrogen (secondary N) is 2. The van der Waals surface area contributed by atoms with E-state index in [0.29, 0.717) is 22.7 Å². The molecular weight excluding hydrogens is 544 g/mol. The van der Waals surface area contributed by atoms with Crippen LogP contribution in [-0.2, 0) is 25.5 Å². The highest BCUT2D eigenvalue weighted by atomic mass is 35.5. The van der Waals surface area contributed by atoms with Crippen molar-refractivity contribution in [1.82, 2.24) is 10.2 Å². The summed E-state index contributed by atoms with van der Waals surface area (Å²) in [6.07, 6.45) is 0.292. The van der Waals surface area contributed by atoms with Gasteiger partial charge in [-0.15, -0.1) is 0 Å². The van der Waals surface area contributed by atoms with Gasteiger partial charge < -0.3 is 26.0 Å². The van der Waals surface area contributed by atoms with Crippen molar-refractivity contribution >= 4 is 41.1 Å². The number of anilines is 1. The molecule has 9 nitrogen and oxygen atoms in total. The van der Waals surface area contributed by atoms with E-state index in [1.165, 1.54) is 4.90 Å². The summed E-state index contributed by atoms with van der Waals surface area (Å²) in [6, 6.07) is 10.1. The number of nitrogens with two attached hydrogens (primary N) is 1. The maximum Gasteiger partial charge on any atom is 0.408 e. The minimum Gasteiger partial charge on any atom is -0.444 e. The molecule has 224 valence electrons. The van der Waals surface area contributed by atoms with Crippen LogP contribution >= 0.6 is 11.6 Å². The molecular formula is C31H43ClN4O5. The molecule has 0 aromatic heterocycles. The van der Waals surface area contributed by atoms with Gasteiger partial charge in [-0.2, -0.15) is 0 Å². The Morgan fingerprint density at radius 1 is 1.05 bits per heavy atom. The van der Waals surface area contributed by atoms with E-state index in [-0.39, 0.29) is 12.8 Å². The second-order valence-electron chi connectivity index (χ2n) is 11.1. The average molecular weight is 587 g/mol. The maximum absolute atomic E-state index is 14.3. The SMILES string of the molecule is CCc1ccc(C(C(=O)Nc2c(C)cccc2Cl)N(C(=O)C(CCC(N)=O)NC(=O)OC(C)(C)C)C(C)CC)cc1. The van der Waals surface area contributed by atoms with Crippen LogP contribution < -0.4 is 16.4 Å². The molecule has 0 bridgehead atoms. The number of carbonyl (C=O) groups excluding carboxylic acids is 4. The summed E-state index contributed by atoms with van der Waals surface area (Å²) in [7, 11) is 0. The van der Waals surface area contributed by atoms with Gasteiger partial charge in [0.15, 0.2) is 0 Å². The number of rotatable bonds is 12. The lowest BCUT2D eigenvalue weighted by molar-refractivity contribution is -0.143. The molecule has 2 rings (SSSR count). The normalized spacial score (nSPS) is 13.5. The third-order valence-electron chi connectivity index (χ3n) is 6.69. The molecule has 2 aromatic rings. The summed E-state index contributed by atoms with van der Waals surface area (Å²) < 4.78 is 5.38. The molecule has 41 heavy (non-hydrogen) atoms. The highest BCUT2D eigenvalue weighted by Gasteiger charge is 2.39. The van der Waals surface area contributed by atoms with E-state index in [0.717, 1.165) is 17.5 Å². The first-order chi connectivity index (χ1) is 19.2. The zero-order valence-corrected chi connectivity index (χ0v) is 25.8. The Kier molecular flexibility index (Phi) is 12.2. The highest BCUT2D eigenvalue weighted by molar-refractivity contribution is 6.34. The van der Waals surface area contributed by atoms with Crippen molar-refractivity contribution in [2.45, 2.75) is 97.9 Å². The average Bonchev–Trinajstić information content (AvgIpc) is 2.89. The number of carbonyl (C=O) groups is 4. The van der Waals surface area contributed by atoms with Gasteiger partial charge in [0.05, 0.1) is 10.7 Å². The molecule has 0 saturated heterocycles. The fraction of sp³-hybridized carbons (Fsp3) is 0.484. The number of ether oxygens (including phenoxy) is 1. The second kappa shape index (κ2) is 14.9. The van der Waals surface area contributed by atoms with Crippen LogP contribution in [0.25, 0.3) is 0 Å². The molecule has 0 fully saturated rings. The van der Waals surface area contributed by atoms with Crippen LogP contribution in [0.15, 0.2) is 42.5 Å². The third-order valence-corrected chi connectivity index (χ3v) is 7.00. The summed E-state index contributed by atoms with van der Waals surface area (Å²) in [5.74, 6) is -1.63. The van der Waals surface area contributed by atoms with Gasteiger partial charge >= 0.3 is 6.09 Å². The molecule has 4 amide bonds. The largest absolute Gasteiger partial charge is 0.444 e. The van der Waals surface area contributed by atoms with E-state index in [1.807, 2.05) is 58.0 Å². The second-order valence-corrected chi connectivity index (χ2v) is 11.5. The Morgan fingerprint density at radius 3 is 2.20 bits per heavy atom. The van der Waals surface area contributed by atoms with Crippen molar-refractivity contribution < 1.29 is 23.9 Å². The Labute approximate surface area is 248 Å². The minimum absolute atomic E-state index is 0.0624. The van der Waals surface area contributed by atoms with Crippen LogP contribution in [0, 0.1) is 6.92 Å². The minimum atomic E-state index is -1.17. The van der Waals surface area contributed by atoms with Crippen LogP contribution in [0.2, 0.25) is 5.02 Å². The molecule has 0 aliphatic heterocycles. The number of alkyl carbamates (subject to hydrolysis) is 1.